The number of rotatable bonds is 9. The number of amides is 1. The van der Waals surface area contributed by atoms with Crippen molar-refractivity contribution in [1.29, 1.82) is 0 Å². The van der Waals surface area contributed by atoms with Crippen molar-refractivity contribution >= 4 is 23.2 Å². The first-order valence-electron chi connectivity index (χ1n) is 9.57. The zero-order valence-electron chi connectivity index (χ0n) is 17.9. The summed E-state index contributed by atoms with van der Waals surface area (Å²) in [7, 11) is 5.16. The fourth-order valence-corrected chi connectivity index (χ4v) is 3.12. The van der Waals surface area contributed by atoms with Crippen LogP contribution in [0.2, 0.25) is 5.02 Å². The SMILES string of the molecule is CCOc1ccc(C[NH+](C)[C@@H](C)C(=O)Nc2cc(C)c(Cl)cc2OC)cc1OC. The number of quaternary nitrogens is 1. The van der Waals surface area contributed by atoms with Gasteiger partial charge in [0.2, 0.25) is 0 Å². The number of likely N-dealkylation sites (N-methyl/N-ethyl adjacent to an activating group) is 1. The second-order valence-electron chi connectivity index (χ2n) is 6.95. The molecule has 1 amide bonds. The molecule has 0 aliphatic rings. The number of anilines is 1. The fourth-order valence-electron chi connectivity index (χ4n) is 2.97. The molecule has 0 aliphatic carbocycles. The number of methoxy groups -OCH3 is 2. The lowest BCUT2D eigenvalue weighted by molar-refractivity contribution is -0.907. The average molecular weight is 422 g/mol. The summed E-state index contributed by atoms with van der Waals surface area (Å²) in [4.78, 5) is 13.8. The van der Waals surface area contributed by atoms with Crippen LogP contribution in [0, 0.1) is 6.92 Å². The van der Waals surface area contributed by atoms with Gasteiger partial charge >= 0.3 is 0 Å². The van der Waals surface area contributed by atoms with E-state index in [2.05, 4.69) is 5.32 Å². The van der Waals surface area contributed by atoms with Crippen LogP contribution in [0.5, 0.6) is 17.2 Å². The Balaban J connectivity index is 2.09. The molecule has 2 aromatic carbocycles. The normalized spacial score (nSPS) is 12.8. The van der Waals surface area contributed by atoms with Gasteiger partial charge in [0.15, 0.2) is 17.5 Å². The smallest absolute Gasteiger partial charge is 0.282 e. The first kappa shape index (κ1) is 22.8. The van der Waals surface area contributed by atoms with Gasteiger partial charge in [-0.2, -0.15) is 0 Å². The van der Waals surface area contributed by atoms with Crippen LogP contribution in [0.1, 0.15) is 25.0 Å². The Kier molecular flexibility index (Phi) is 8.17. The van der Waals surface area contributed by atoms with Crippen LogP contribution in [0.25, 0.3) is 0 Å². The van der Waals surface area contributed by atoms with Gasteiger partial charge in [-0.1, -0.05) is 11.6 Å². The van der Waals surface area contributed by atoms with Crippen LogP contribution in [-0.4, -0.2) is 39.8 Å². The third-order valence-electron chi connectivity index (χ3n) is 4.88. The summed E-state index contributed by atoms with van der Waals surface area (Å²) in [6.45, 7) is 6.95. The minimum absolute atomic E-state index is 0.0968. The molecule has 2 aromatic rings. The van der Waals surface area contributed by atoms with Crippen LogP contribution in [-0.2, 0) is 11.3 Å². The van der Waals surface area contributed by atoms with Crippen LogP contribution < -0.4 is 24.4 Å². The number of ether oxygens (including phenoxy) is 3. The third-order valence-corrected chi connectivity index (χ3v) is 5.29. The molecule has 0 aromatic heterocycles. The molecule has 0 fully saturated rings. The van der Waals surface area contributed by atoms with E-state index in [0.717, 1.165) is 16.0 Å². The Hall–Kier alpha value is -2.44. The van der Waals surface area contributed by atoms with E-state index in [-0.39, 0.29) is 11.9 Å². The second-order valence-corrected chi connectivity index (χ2v) is 7.36. The number of halogens is 1. The number of hydrogen-bond acceptors (Lipinski definition) is 4. The molecule has 0 aliphatic heterocycles. The maximum atomic E-state index is 12.8. The molecule has 2 atom stereocenters. The Morgan fingerprint density at radius 3 is 2.45 bits per heavy atom. The second kappa shape index (κ2) is 10.4. The highest BCUT2D eigenvalue weighted by Gasteiger charge is 2.24. The lowest BCUT2D eigenvalue weighted by Crippen LogP contribution is -3.12. The van der Waals surface area contributed by atoms with Crippen LogP contribution in [0.4, 0.5) is 5.69 Å². The van der Waals surface area contributed by atoms with Crippen molar-refractivity contribution in [1.82, 2.24) is 0 Å². The summed E-state index contributed by atoms with van der Waals surface area (Å²) in [6.07, 6.45) is 0. The van der Waals surface area contributed by atoms with Crippen molar-refractivity contribution in [3.05, 3.63) is 46.5 Å². The summed E-state index contributed by atoms with van der Waals surface area (Å²) in [5.74, 6) is 1.85. The van der Waals surface area contributed by atoms with Crippen molar-refractivity contribution in [2.45, 2.75) is 33.4 Å². The minimum Gasteiger partial charge on any atom is -0.495 e. The van der Waals surface area contributed by atoms with Crippen molar-refractivity contribution in [3.63, 3.8) is 0 Å². The van der Waals surface area contributed by atoms with Gasteiger partial charge in [0.1, 0.15) is 12.3 Å². The Bertz CT molecular complexity index is 857. The zero-order chi connectivity index (χ0) is 21.6. The average Bonchev–Trinajstić information content (AvgIpc) is 2.70. The molecule has 0 saturated carbocycles. The topological polar surface area (TPSA) is 61.2 Å². The Morgan fingerprint density at radius 2 is 1.83 bits per heavy atom. The molecule has 0 heterocycles. The van der Waals surface area contributed by atoms with Gasteiger partial charge in [0.05, 0.1) is 33.6 Å². The summed E-state index contributed by atoms with van der Waals surface area (Å²) in [5.41, 5.74) is 2.54. The lowest BCUT2D eigenvalue weighted by atomic mass is 10.1. The number of hydrogen-bond donors (Lipinski definition) is 2. The van der Waals surface area contributed by atoms with E-state index in [0.29, 0.717) is 41.1 Å². The van der Waals surface area contributed by atoms with Crippen molar-refractivity contribution in [2.75, 3.05) is 33.2 Å². The minimum atomic E-state index is -0.284. The fraction of sp³-hybridized carbons (Fsp3) is 0.409. The lowest BCUT2D eigenvalue weighted by Gasteiger charge is -2.22. The monoisotopic (exact) mass is 421 g/mol. The highest BCUT2D eigenvalue weighted by molar-refractivity contribution is 6.31. The predicted octanol–water partition coefficient (Wildman–Crippen LogP) is 3.11. The van der Waals surface area contributed by atoms with E-state index in [1.165, 1.54) is 0 Å². The van der Waals surface area contributed by atoms with Crippen LogP contribution in [0.3, 0.4) is 0 Å². The standard InChI is InChI=1S/C22H29ClN2O4/c1-7-29-19-9-8-16(11-21(19)28-6)13-25(4)15(3)22(26)24-18-10-14(2)17(23)12-20(18)27-5/h8-12,15H,7,13H2,1-6H3,(H,24,26)/p+1/t15-/m0/s1. The first-order valence-corrected chi connectivity index (χ1v) is 9.95. The molecule has 6 nitrogen and oxygen atoms in total. The van der Waals surface area contributed by atoms with E-state index < -0.39 is 0 Å². The number of carbonyl (C=O) groups is 1. The number of carbonyl (C=O) groups excluding carboxylic acids is 1. The van der Waals surface area contributed by atoms with E-state index in [1.807, 2.05) is 52.1 Å². The van der Waals surface area contributed by atoms with Gasteiger partial charge in [-0.25, -0.2) is 0 Å². The van der Waals surface area contributed by atoms with Crippen molar-refractivity contribution in [2.24, 2.45) is 0 Å². The zero-order valence-corrected chi connectivity index (χ0v) is 18.6. The van der Waals surface area contributed by atoms with E-state index in [1.54, 1.807) is 20.3 Å². The molecule has 2 rings (SSSR count). The Morgan fingerprint density at radius 1 is 1.14 bits per heavy atom. The summed E-state index contributed by atoms with van der Waals surface area (Å²) < 4.78 is 16.3. The maximum absolute atomic E-state index is 12.8. The van der Waals surface area contributed by atoms with Crippen molar-refractivity contribution in [3.8, 4) is 17.2 Å². The molecule has 2 N–H and O–H groups in total. The molecule has 1 unspecified atom stereocenters. The van der Waals surface area contributed by atoms with Gasteiger partial charge in [0, 0.05) is 16.7 Å². The predicted molar refractivity (Wildman–Crippen MR) is 116 cm³/mol. The molecule has 0 spiro atoms. The highest BCUT2D eigenvalue weighted by Crippen LogP contribution is 2.31. The van der Waals surface area contributed by atoms with E-state index in [9.17, 15) is 4.79 Å². The number of aryl methyl sites for hydroxylation is 1. The van der Waals surface area contributed by atoms with Crippen LogP contribution in [0.15, 0.2) is 30.3 Å². The maximum Gasteiger partial charge on any atom is 0.282 e. The summed E-state index contributed by atoms with van der Waals surface area (Å²) >= 11 is 6.14. The molecule has 7 heteroatoms. The van der Waals surface area contributed by atoms with Crippen LogP contribution >= 0.6 is 11.6 Å². The van der Waals surface area contributed by atoms with E-state index in [4.69, 9.17) is 25.8 Å². The highest BCUT2D eigenvalue weighted by atomic mass is 35.5. The van der Waals surface area contributed by atoms with Gasteiger partial charge < -0.3 is 24.4 Å². The van der Waals surface area contributed by atoms with Crippen molar-refractivity contribution < 1.29 is 23.9 Å². The van der Waals surface area contributed by atoms with Gasteiger partial charge in [-0.15, -0.1) is 0 Å². The third kappa shape index (κ3) is 5.78. The van der Waals surface area contributed by atoms with Gasteiger partial charge in [-0.05, 0) is 50.6 Å². The molecule has 0 bridgehead atoms. The number of nitrogens with one attached hydrogen (secondary N) is 2. The van der Waals surface area contributed by atoms with Gasteiger partial charge in [-0.3, -0.25) is 4.79 Å². The molecule has 29 heavy (non-hydrogen) atoms. The molecular formula is C22H30ClN2O4+. The number of benzene rings is 2. The summed E-state index contributed by atoms with van der Waals surface area (Å²) in [6, 6.07) is 9.08. The first-order chi connectivity index (χ1) is 13.8. The largest absolute Gasteiger partial charge is 0.495 e. The molecule has 0 saturated heterocycles. The van der Waals surface area contributed by atoms with E-state index >= 15 is 0 Å². The Labute approximate surface area is 177 Å². The quantitative estimate of drug-likeness (QED) is 0.653. The molecule has 158 valence electrons. The summed E-state index contributed by atoms with van der Waals surface area (Å²) in [5, 5.41) is 3.55. The molecule has 0 radical (unpaired) electrons. The van der Waals surface area contributed by atoms with Gasteiger partial charge in [0.25, 0.3) is 5.91 Å². The molecular weight excluding hydrogens is 392 g/mol.